The van der Waals surface area contributed by atoms with E-state index in [2.05, 4.69) is 22.5 Å². The van der Waals surface area contributed by atoms with E-state index in [0.29, 0.717) is 11.6 Å². The smallest absolute Gasteiger partial charge is 0.227 e. The summed E-state index contributed by atoms with van der Waals surface area (Å²) >= 11 is 1.73. The molecule has 7 heteroatoms. The summed E-state index contributed by atoms with van der Waals surface area (Å²) in [4.78, 5) is 26.3. The Morgan fingerprint density at radius 2 is 1.94 bits per heavy atom. The number of aromatic nitrogens is 2. The van der Waals surface area contributed by atoms with E-state index in [-0.39, 0.29) is 17.6 Å². The number of nitrogens with one attached hydrogen (secondary N) is 1. The standard InChI is InChI=1S/C24H27FN4OS/c1-14-12-18(25)6-7-19(14)27-24(30)17-8-10-29(11-9-17)23-21-15(2)31-13-20(21)26-22(28-23)16-4-3-5-16/h6-7,12-13,16-17H,3-5,8-11H2,1-2H3,(H,27,30). The van der Waals surface area contributed by atoms with E-state index < -0.39 is 0 Å². The quantitative estimate of drug-likeness (QED) is 0.579. The van der Waals surface area contributed by atoms with Gasteiger partial charge < -0.3 is 10.2 Å². The molecule has 1 aromatic carbocycles. The molecule has 0 radical (unpaired) electrons. The third-order valence-electron chi connectivity index (χ3n) is 6.72. The van der Waals surface area contributed by atoms with Crippen LogP contribution in [0.1, 0.15) is 54.3 Å². The lowest BCUT2D eigenvalue weighted by Crippen LogP contribution is -2.39. The van der Waals surface area contributed by atoms with Crippen LogP contribution in [0.25, 0.3) is 10.9 Å². The second kappa shape index (κ2) is 8.19. The van der Waals surface area contributed by atoms with Crippen molar-refractivity contribution in [1.29, 1.82) is 0 Å². The fourth-order valence-corrected chi connectivity index (χ4v) is 5.32. The van der Waals surface area contributed by atoms with Crippen LogP contribution in [0.5, 0.6) is 0 Å². The number of hydrogen-bond acceptors (Lipinski definition) is 5. The van der Waals surface area contributed by atoms with Crippen LogP contribution in [0.3, 0.4) is 0 Å². The molecule has 3 aromatic rings. The largest absolute Gasteiger partial charge is 0.356 e. The maximum atomic E-state index is 13.3. The Labute approximate surface area is 185 Å². The summed E-state index contributed by atoms with van der Waals surface area (Å²) in [5, 5.41) is 6.29. The van der Waals surface area contributed by atoms with Crippen LogP contribution in [0.4, 0.5) is 15.9 Å². The number of benzene rings is 1. The molecule has 1 saturated heterocycles. The lowest BCUT2D eigenvalue weighted by molar-refractivity contribution is -0.120. The van der Waals surface area contributed by atoms with E-state index in [1.54, 1.807) is 17.4 Å². The number of nitrogens with zero attached hydrogens (tertiary/aromatic N) is 3. The highest BCUT2D eigenvalue weighted by Gasteiger charge is 2.29. The zero-order valence-electron chi connectivity index (χ0n) is 17.9. The highest BCUT2D eigenvalue weighted by Crippen LogP contribution is 2.39. The molecule has 3 heterocycles. The number of hydrogen-bond donors (Lipinski definition) is 1. The van der Waals surface area contributed by atoms with Gasteiger partial charge in [0, 0.05) is 40.9 Å². The predicted octanol–water partition coefficient (Wildman–Crippen LogP) is 5.57. The molecule has 31 heavy (non-hydrogen) atoms. The van der Waals surface area contributed by atoms with Crippen molar-refractivity contribution in [2.75, 3.05) is 23.3 Å². The Morgan fingerprint density at radius 3 is 2.61 bits per heavy atom. The number of aryl methyl sites for hydroxylation is 2. The van der Waals surface area contributed by atoms with Crippen LogP contribution < -0.4 is 10.2 Å². The Bertz CT molecular complexity index is 1130. The van der Waals surface area contributed by atoms with Gasteiger partial charge in [-0.3, -0.25) is 4.79 Å². The van der Waals surface area contributed by atoms with Crippen molar-refractivity contribution >= 4 is 39.7 Å². The highest BCUT2D eigenvalue weighted by atomic mass is 32.1. The van der Waals surface area contributed by atoms with Gasteiger partial charge in [0.2, 0.25) is 5.91 Å². The number of amides is 1. The number of thiophene rings is 1. The first-order chi connectivity index (χ1) is 15.0. The SMILES string of the molecule is Cc1cc(F)ccc1NC(=O)C1CCN(c2nc(C3CCC3)nc3csc(C)c23)CC1. The van der Waals surface area contributed by atoms with Gasteiger partial charge in [0.15, 0.2) is 0 Å². The Kier molecular flexibility index (Phi) is 5.38. The van der Waals surface area contributed by atoms with Crippen LogP contribution in [0.15, 0.2) is 23.6 Å². The third kappa shape index (κ3) is 3.91. The van der Waals surface area contributed by atoms with Gasteiger partial charge in [-0.1, -0.05) is 6.42 Å². The number of piperidine rings is 1. The summed E-state index contributed by atoms with van der Waals surface area (Å²) in [7, 11) is 0. The minimum atomic E-state index is -0.287. The molecule has 1 N–H and O–H groups in total. The minimum Gasteiger partial charge on any atom is -0.356 e. The molecular formula is C24H27FN4OS. The molecule has 5 rings (SSSR count). The maximum absolute atomic E-state index is 13.3. The zero-order valence-corrected chi connectivity index (χ0v) is 18.8. The van der Waals surface area contributed by atoms with Gasteiger partial charge in [0.05, 0.1) is 10.9 Å². The van der Waals surface area contributed by atoms with E-state index in [0.717, 1.165) is 54.0 Å². The zero-order chi connectivity index (χ0) is 21.5. The molecule has 5 nitrogen and oxygen atoms in total. The molecule has 2 aliphatic rings. The Balaban J connectivity index is 1.31. The first-order valence-corrected chi connectivity index (χ1v) is 12.0. The van der Waals surface area contributed by atoms with Gasteiger partial charge in [-0.05, 0) is 63.3 Å². The average molecular weight is 439 g/mol. The van der Waals surface area contributed by atoms with Crippen LogP contribution in [0, 0.1) is 25.6 Å². The lowest BCUT2D eigenvalue weighted by Gasteiger charge is -2.33. The molecule has 1 aliphatic carbocycles. The second-order valence-electron chi connectivity index (χ2n) is 8.80. The first-order valence-electron chi connectivity index (χ1n) is 11.1. The Morgan fingerprint density at radius 1 is 1.16 bits per heavy atom. The van der Waals surface area contributed by atoms with Gasteiger partial charge >= 0.3 is 0 Å². The monoisotopic (exact) mass is 438 g/mol. The van der Waals surface area contributed by atoms with E-state index >= 15 is 0 Å². The lowest BCUT2D eigenvalue weighted by atomic mass is 9.85. The van der Waals surface area contributed by atoms with Gasteiger partial charge in [-0.2, -0.15) is 0 Å². The summed E-state index contributed by atoms with van der Waals surface area (Å²) in [5.41, 5.74) is 2.48. The summed E-state index contributed by atoms with van der Waals surface area (Å²) in [6.07, 6.45) is 5.18. The second-order valence-corrected chi connectivity index (χ2v) is 9.88. The van der Waals surface area contributed by atoms with Crippen LogP contribution in [-0.2, 0) is 4.79 Å². The summed E-state index contributed by atoms with van der Waals surface area (Å²) in [6.45, 7) is 5.54. The number of carbonyl (C=O) groups excluding carboxylic acids is 1. The maximum Gasteiger partial charge on any atom is 0.227 e. The van der Waals surface area contributed by atoms with Crippen molar-refractivity contribution in [3.05, 3.63) is 45.7 Å². The van der Waals surface area contributed by atoms with Crippen LogP contribution in [-0.4, -0.2) is 29.0 Å². The van der Waals surface area contributed by atoms with Crippen molar-refractivity contribution in [3.8, 4) is 0 Å². The molecule has 2 fully saturated rings. The Hall–Kier alpha value is -2.54. The fraction of sp³-hybridized carbons (Fsp3) is 0.458. The average Bonchev–Trinajstić information content (AvgIpc) is 3.09. The predicted molar refractivity (Wildman–Crippen MR) is 123 cm³/mol. The van der Waals surface area contributed by atoms with Gasteiger partial charge in [0.25, 0.3) is 0 Å². The van der Waals surface area contributed by atoms with E-state index in [1.165, 1.54) is 36.3 Å². The number of rotatable bonds is 4. The fourth-order valence-electron chi connectivity index (χ4n) is 4.54. The molecule has 0 atom stereocenters. The third-order valence-corrected chi connectivity index (χ3v) is 7.62. The van der Waals surface area contributed by atoms with Crippen molar-refractivity contribution < 1.29 is 9.18 Å². The van der Waals surface area contributed by atoms with Crippen LogP contribution in [0.2, 0.25) is 0 Å². The molecule has 0 bridgehead atoms. The van der Waals surface area contributed by atoms with Crippen molar-refractivity contribution in [2.24, 2.45) is 5.92 Å². The van der Waals surface area contributed by atoms with Crippen molar-refractivity contribution in [2.45, 2.75) is 51.9 Å². The first kappa shape index (κ1) is 20.4. The summed E-state index contributed by atoms with van der Waals surface area (Å²) in [5.74, 6) is 2.20. The molecule has 162 valence electrons. The minimum absolute atomic E-state index is 0.0177. The number of halogens is 1. The molecule has 2 aromatic heterocycles. The summed E-state index contributed by atoms with van der Waals surface area (Å²) < 4.78 is 13.3. The van der Waals surface area contributed by atoms with Gasteiger partial charge in [0.1, 0.15) is 17.5 Å². The van der Waals surface area contributed by atoms with Gasteiger partial charge in [-0.15, -0.1) is 11.3 Å². The van der Waals surface area contributed by atoms with E-state index in [1.807, 2.05) is 6.92 Å². The van der Waals surface area contributed by atoms with Crippen LogP contribution >= 0.6 is 11.3 Å². The number of anilines is 2. The van der Waals surface area contributed by atoms with E-state index in [9.17, 15) is 9.18 Å². The topological polar surface area (TPSA) is 58.1 Å². The van der Waals surface area contributed by atoms with Gasteiger partial charge in [-0.25, -0.2) is 14.4 Å². The van der Waals surface area contributed by atoms with Crippen molar-refractivity contribution in [3.63, 3.8) is 0 Å². The van der Waals surface area contributed by atoms with E-state index in [4.69, 9.17) is 9.97 Å². The highest BCUT2D eigenvalue weighted by molar-refractivity contribution is 7.11. The normalized spacial score (nSPS) is 17.7. The molecule has 1 aliphatic heterocycles. The summed E-state index contributed by atoms with van der Waals surface area (Å²) in [6, 6.07) is 4.46. The molecule has 1 saturated carbocycles. The number of carbonyl (C=O) groups is 1. The van der Waals surface area contributed by atoms with Crippen molar-refractivity contribution in [1.82, 2.24) is 9.97 Å². The number of fused-ring (bicyclic) bond motifs is 1. The molecule has 0 unspecified atom stereocenters. The molecular weight excluding hydrogens is 411 g/mol. The molecule has 1 amide bonds. The molecule has 0 spiro atoms.